The first-order chi connectivity index (χ1) is 8.54. The number of rotatable bonds is 3. The van der Waals surface area contributed by atoms with E-state index in [4.69, 9.17) is 0 Å². The molecule has 1 aromatic carbocycles. The molecule has 0 aliphatic rings. The van der Waals surface area contributed by atoms with Gasteiger partial charge in [0.25, 0.3) is 0 Å². The Kier molecular flexibility index (Phi) is 3.81. The van der Waals surface area contributed by atoms with E-state index in [0.717, 1.165) is 27.6 Å². The molecule has 2 aromatic rings. The molecule has 0 atom stereocenters. The fourth-order valence-electron chi connectivity index (χ4n) is 1.61. The van der Waals surface area contributed by atoms with Crippen molar-refractivity contribution in [3.8, 4) is 0 Å². The van der Waals surface area contributed by atoms with E-state index >= 15 is 0 Å². The van der Waals surface area contributed by atoms with Crippen LogP contribution < -0.4 is 10.2 Å². The highest BCUT2D eigenvalue weighted by Crippen LogP contribution is 2.21. The van der Waals surface area contributed by atoms with Crippen LogP contribution in [0.3, 0.4) is 0 Å². The number of anilines is 3. The van der Waals surface area contributed by atoms with Gasteiger partial charge in [-0.05, 0) is 41.1 Å². The Labute approximate surface area is 115 Å². The predicted molar refractivity (Wildman–Crippen MR) is 78.5 cm³/mol. The molecular weight excluding hydrogens is 292 g/mol. The Morgan fingerprint density at radius 2 is 1.94 bits per heavy atom. The topological polar surface area (TPSA) is 41.1 Å². The molecule has 1 heterocycles. The lowest BCUT2D eigenvalue weighted by Gasteiger charge is -2.14. The molecule has 0 saturated heterocycles. The van der Waals surface area contributed by atoms with Crippen molar-refractivity contribution in [3.63, 3.8) is 0 Å². The number of hydrogen-bond donors (Lipinski definition) is 1. The number of halogens is 1. The average molecular weight is 307 g/mol. The zero-order valence-electron chi connectivity index (χ0n) is 10.6. The van der Waals surface area contributed by atoms with Gasteiger partial charge in [0.15, 0.2) is 0 Å². The zero-order chi connectivity index (χ0) is 13.1. The van der Waals surface area contributed by atoms with E-state index < -0.39 is 0 Å². The minimum absolute atomic E-state index is 0.732. The van der Waals surface area contributed by atoms with Crippen molar-refractivity contribution in [1.29, 1.82) is 0 Å². The van der Waals surface area contributed by atoms with Crippen LogP contribution in [0.25, 0.3) is 0 Å². The summed E-state index contributed by atoms with van der Waals surface area (Å²) in [4.78, 5) is 10.6. The molecule has 0 aliphatic carbocycles. The summed E-state index contributed by atoms with van der Waals surface area (Å²) in [7, 11) is 4.04. The van der Waals surface area contributed by atoms with Gasteiger partial charge in [0.2, 0.25) is 0 Å². The van der Waals surface area contributed by atoms with E-state index in [9.17, 15) is 0 Å². The van der Waals surface area contributed by atoms with Crippen molar-refractivity contribution in [2.24, 2.45) is 0 Å². The molecule has 0 bridgehead atoms. The second kappa shape index (κ2) is 5.35. The zero-order valence-corrected chi connectivity index (χ0v) is 12.2. The molecule has 0 spiro atoms. The fourth-order valence-corrected chi connectivity index (χ4v) is 2.08. The maximum absolute atomic E-state index is 4.34. The van der Waals surface area contributed by atoms with Gasteiger partial charge in [-0.2, -0.15) is 0 Å². The Morgan fingerprint density at radius 3 is 2.61 bits per heavy atom. The third kappa shape index (κ3) is 3.20. The number of aromatic nitrogens is 2. The van der Waals surface area contributed by atoms with Crippen molar-refractivity contribution < 1.29 is 0 Å². The Hall–Kier alpha value is -1.62. The van der Waals surface area contributed by atoms with Gasteiger partial charge < -0.3 is 10.2 Å². The lowest BCUT2D eigenvalue weighted by molar-refractivity contribution is 1.04. The second-order valence-electron chi connectivity index (χ2n) is 4.19. The van der Waals surface area contributed by atoms with Crippen LogP contribution in [0.2, 0.25) is 0 Å². The maximum Gasteiger partial charge on any atom is 0.135 e. The van der Waals surface area contributed by atoms with E-state index in [1.54, 1.807) is 0 Å². The van der Waals surface area contributed by atoms with Crippen LogP contribution in [0.1, 0.15) is 5.82 Å². The molecule has 0 aliphatic heterocycles. The smallest absolute Gasteiger partial charge is 0.135 e. The van der Waals surface area contributed by atoms with E-state index in [-0.39, 0.29) is 0 Å². The summed E-state index contributed by atoms with van der Waals surface area (Å²) in [5.41, 5.74) is 2.15. The van der Waals surface area contributed by atoms with Crippen LogP contribution in [0.4, 0.5) is 17.2 Å². The fraction of sp³-hybridized carbons (Fsp3) is 0.231. The molecule has 0 saturated carbocycles. The van der Waals surface area contributed by atoms with Crippen LogP contribution in [0.15, 0.2) is 34.9 Å². The highest BCUT2D eigenvalue weighted by Gasteiger charge is 2.02. The Bertz CT molecular complexity index is 534. The molecule has 2 rings (SSSR count). The molecule has 1 N–H and O–H groups in total. The molecular formula is C13H15BrN4. The normalized spacial score (nSPS) is 10.2. The SMILES string of the molecule is Cc1nc(Br)cc(Nc2cccc(N(C)C)c2)n1. The van der Waals surface area contributed by atoms with Crippen molar-refractivity contribution in [2.45, 2.75) is 6.92 Å². The predicted octanol–water partition coefficient (Wildman–Crippen LogP) is 3.36. The first kappa shape index (κ1) is 12.8. The first-order valence-corrected chi connectivity index (χ1v) is 6.39. The third-order valence-electron chi connectivity index (χ3n) is 2.44. The number of hydrogen-bond acceptors (Lipinski definition) is 4. The summed E-state index contributed by atoms with van der Waals surface area (Å²) in [6, 6.07) is 10.0. The molecule has 18 heavy (non-hydrogen) atoms. The monoisotopic (exact) mass is 306 g/mol. The van der Waals surface area contributed by atoms with Gasteiger partial charge in [-0.3, -0.25) is 0 Å². The summed E-state index contributed by atoms with van der Waals surface area (Å²) in [5, 5.41) is 3.27. The van der Waals surface area contributed by atoms with Crippen molar-refractivity contribution in [2.75, 3.05) is 24.3 Å². The summed E-state index contributed by atoms with van der Waals surface area (Å²) in [6.45, 7) is 1.87. The van der Waals surface area contributed by atoms with Crippen LogP contribution in [-0.2, 0) is 0 Å². The molecule has 4 nitrogen and oxygen atoms in total. The Balaban J connectivity index is 2.25. The van der Waals surface area contributed by atoms with Gasteiger partial charge in [0, 0.05) is 31.5 Å². The minimum atomic E-state index is 0.732. The molecule has 0 fully saturated rings. The number of aryl methyl sites for hydroxylation is 1. The summed E-state index contributed by atoms with van der Waals surface area (Å²) in [6.07, 6.45) is 0. The van der Waals surface area contributed by atoms with Gasteiger partial charge in [0.05, 0.1) is 0 Å². The van der Waals surface area contributed by atoms with Crippen LogP contribution in [-0.4, -0.2) is 24.1 Å². The lowest BCUT2D eigenvalue weighted by atomic mass is 10.2. The van der Waals surface area contributed by atoms with Gasteiger partial charge in [0.1, 0.15) is 16.2 Å². The minimum Gasteiger partial charge on any atom is -0.378 e. The van der Waals surface area contributed by atoms with Crippen LogP contribution in [0.5, 0.6) is 0 Å². The summed E-state index contributed by atoms with van der Waals surface area (Å²) >= 11 is 3.36. The van der Waals surface area contributed by atoms with E-state index in [1.807, 2.05) is 39.2 Å². The average Bonchev–Trinajstić information content (AvgIpc) is 2.27. The van der Waals surface area contributed by atoms with Gasteiger partial charge in [-0.15, -0.1) is 0 Å². The molecule has 1 aromatic heterocycles. The molecule has 5 heteroatoms. The standard InChI is InChI=1S/C13H15BrN4/c1-9-15-12(14)8-13(16-9)17-10-5-4-6-11(7-10)18(2)3/h4-8H,1-3H3,(H,15,16,17). The van der Waals surface area contributed by atoms with E-state index in [0.29, 0.717) is 0 Å². The lowest BCUT2D eigenvalue weighted by Crippen LogP contribution is -2.08. The van der Waals surface area contributed by atoms with Gasteiger partial charge >= 0.3 is 0 Å². The molecule has 94 valence electrons. The number of nitrogens with one attached hydrogen (secondary N) is 1. The van der Waals surface area contributed by atoms with Crippen molar-refractivity contribution in [1.82, 2.24) is 9.97 Å². The first-order valence-electron chi connectivity index (χ1n) is 5.60. The number of benzene rings is 1. The largest absolute Gasteiger partial charge is 0.378 e. The molecule has 0 radical (unpaired) electrons. The maximum atomic E-state index is 4.34. The second-order valence-corrected chi connectivity index (χ2v) is 5.01. The van der Waals surface area contributed by atoms with Crippen molar-refractivity contribution in [3.05, 3.63) is 40.8 Å². The Morgan fingerprint density at radius 1 is 1.17 bits per heavy atom. The van der Waals surface area contributed by atoms with Crippen LogP contribution in [0, 0.1) is 6.92 Å². The quantitative estimate of drug-likeness (QED) is 0.883. The molecule has 0 amide bonds. The summed E-state index contributed by atoms with van der Waals surface area (Å²) in [5.74, 6) is 1.51. The summed E-state index contributed by atoms with van der Waals surface area (Å²) < 4.78 is 0.779. The highest BCUT2D eigenvalue weighted by atomic mass is 79.9. The van der Waals surface area contributed by atoms with Crippen LogP contribution >= 0.6 is 15.9 Å². The number of nitrogens with zero attached hydrogens (tertiary/aromatic N) is 3. The van der Waals surface area contributed by atoms with Gasteiger partial charge in [-0.1, -0.05) is 6.07 Å². The molecule has 0 unspecified atom stereocenters. The van der Waals surface area contributed by atoms with E-state index in [2.05, 4.69) is 48.2 Å². The van der Waals surface area contributed by atoms with E-state index in [1.165, 1.54) is 0 Å². The van der Waals surface area contributed by atoms with Crippen molar-refractivity contribution >= 4 is 33.1 Å². The highest BCUT2D eigenvalue weighted by molar-refractivity contribution is 9.10. The van der Waals surface area contributed by atoms with Gasteiger partial charge in [-0.25, -0.2) is 9.97 Å². The third-order valence-corrected chi connectivity index (χ3v) is 2.85.